The molecule has 1 aliphatic rings. The first-order valence-corrected chi connectivity index (χ1v) is 7.92. The largest absolute Gasteiger partial charge is 0.496 e. The van der Waals surface area contributed by atoms with Gasteiger partial charge in [0.15, 0.2) is 0 Å². The van der Waals surface area contributed by atoms with Crippen LogP contribution in [0.2, 0.25) is 0 Å². The van der Waals surface area contributed by atoms with Gasteiger partial charge < -0.3 is 9.84 Å². The van der Waals surface area contributed by atoms with E-state index in [1.165, 1.54) is 13.2 Å². The van der Waals surface area contributed by atoms with Crippen LogP contribution in [0.4, 0.5) is 0 Å². The fraction of sp³-hybridized carbons (Fsp3) is 0.286. The average molecular weight is 324 g/mol. The number of rotatable bonds is 4. The standard InChI is InChI=1S/C14H16N2O5S/c1-4-16-12(14(17)18)8-11(15-22(16,19)20)10-6-5-9(2)13(7-10)21-3/h5-8H,4H2,1-3H3,(H,17,18). The van der Waals surface area contributed by atoms with Crippen molar-refractivity contribution in [3.05, 3.63) is 41.1 Å². The molecule has 0 fully saturated rings. The Balaban J connectivity index is 2.60. The number of carboxylic acid groups (broad SMARTS) is 1. The highest BCUT2D eigenvalue weighted by atomic mass is 32.2. The highest BCUT2D eigenvalue weighted by Gasteiger charge is 2.31. The molecule has 2 rings (SSSR count). The number of allylic oxidation sites excluding steroid dienone is 1. The molecule has 0 aliphatic carbocycles. The van der Waals surface area contributed by atoms with Crippen LogP contribution < -0.4 is 4.74 Å². The zero-order valence-corrected chi connectivity index (χ0v) is 13.2. The van der Waals surface area contributed by atoms with Crippen LogP contribution in [0, 0.1) is 6.92 Å². The van der Waals surface area contributed by atoms with Gasteiger partial charge in [-0.15, -0.1) is 4.40 Å². The van der Waals surface area contributed by atoms with Gasteiger partial charge in [-0.25, -0.2) is 9.10 Å². The van der Waals surface area contributed by atoms with Gasteiger partial charge in [-0.05, 0) is 31.6 Å². The molecule has 22 heavy (non-hydrogen) atoms. The molecule has 0 radical (unpaired) electrons. The summed E-state index contributed by atoms with van der Waals surface area (Å²) in [5.74, 6) is -0.752. The molecule has 7 nitrogen and oxygen atoms in total. The summed E-state index contributed by atoms with van der Waals surface area (Å²) >= 11 is 0. The number of carboxylic acids is 1. The summed E-state index contributed by atoms with van der Waals surface area (Å²) in [6.45, 7) is 3.39. The van der Waals surface area contributed by atoms with Crippen LogP contribution in [-0.2, 0) is 15.0 Å². The summed E-state index contributed by atoms with van der Waals surface area (Å²) in [5.41, 5.74) is 1.09. The number of aliphatic carboxylic acids is 1. The number of ether oxygens (including phenoxy) is 1. The van der Waals surface area contributed by atoms with E-state index < -0.39 is 16.2 Å². The first-order chi connectivity index (χ1) is 10.3. The Bertz CT molecular complexity index is 780. The quantitative estimate of drug-likeness (QED) is 0.901. The van der Waals surface area contributed by atoms with Crippen molar-refractivity contribution < 1.29 is 23.1 Å². The van der Waals surface area contributed by atoms with E-state index in [1.807, 2.05) is 6.92 Å². The summed E-state index contributed by atoms with van der Waals surface area (Å²) in [7, 11) is -2.56. The Morgan fingerprint density at radius 1 is 1.41 bits per heavy atom. The van der Waals surface area contributed by atoms with Gasteiger partial charge in [0, 0.05) is 12.1 Å². The Morgan fingerprint density at radius 3 is 2.64 bits per heavy atom. The number of methoxy groups -OCH3 is 1. The molecule has 1 aromatic rings. The molecule has 0 atom stereocenters. The number of hydrogen-bond acceptors (Lipinski definition) is 4. The van der Waals surface area contributed by atoms with E-state index in [0.717, 1.165) is 9.87 Å². The minimum absolute atomic E-state index is 0.00549. The van der Waals surface area contributed by atoms with Crippen LogP contribution in [0.3, 0.4) is 0 Å². The summed E-state index contributed by atoms with van der Waals surface area (Å²) < 4.78 is 33.9. The maximum Gasteiger partial charge on any atom is 0.353 e. The SMILES string of the molecule is CCN1C(C(=O)O)=CC(c2ccc(C)c(OC)c2)=NS1(=O)=O. The molecule has 0 unspecified atom stereocenters. The van der Waals surface area contributed by atoms with Gasteiger partial charge in [0.25, 0.3) is 0 Å². The van der Waals surface area contributed by atoms with Crippen LogP contribution in [0.25, 0.3) is 0 Å². The maximum absolute atomic E-state index is 12.1. The van der Waals surface area contributed by atoms with E-state index in [-0.39, 0.29) is 18.0 Å². The average Bonchev–Trinajstić information content (AvgIpc) is 2.45. The minimum atomic E-state index is -4.06. The molecular weight excluding hydrogens is 308 g/mol. The summed E-state index contributed by atoms with van der Waals surface area (Å²) in [6, 6.07) is 5.05. The summed E-state index contributed by atoms with van der Waals surface area (Å²) in [5, 5.41) is 9.23. The van der Waals surface area contributed by atoms with Gasteiger partial charge >= 0.3 is 16.2 Å². The predicted molar refractivity (Wildman–Crippen MR) is 81.3 cm³/mol. The van der Waals surface area contributed by atoms with E-state index in [1.54, 1.807) is 25.1 Å². The molecule has 1 heterocycles. The monoisotopic (exact) mass is 324 g/mol. The highest BCUT2D eigenvalue weighted by Crippen LogP contribution is 2.24. The number of benzene rings is 1. The third-order valence-corrected chi connectivity index (χ3v) is 4.68. The van der Waals surface area contributed by atoms with Crippen molar-refractivity contribution in [2.45, 2.75) is 13.8 Å². The van der Waals surface area contributed by atoms with E-state index in [0.29, 0.717) is 11.3 Å². The van der Waals surface area contributed by atoms with Gasteiger partial charge in [0.1, 0.15) is 11.4 Å². The molecule has 8 heteroatoms. The number of carbonyl (C=O) groups is 1. The van der Waals surface area contributed by atoms with Crippen LogP contribution in [0.1, 0.15) is 18.1 Å². The van der Waals surface area contributed by atoms with E-state index >= 15 is 0 Å². The summed E-state index contributed by atoms with van der Waals surface area (Å²) in [4.78, 5) is 11.3. The molecule has 0 saturated heterocycles. The minimum Gasteiger partial charge on any atom is -0.496 e. The van der Waals surface area contributed by atoms with Crippen molar-refractivity contribution in [1.82, 2.24) is 4.31 Å². The molecule has 1 aromatic carbocycles. The lowest BCUT2D eigenvalue weighted by atomic mass is 10.1. The normalized spacial score (nSPS) is 16.8. The lowest BCUT2D eigenvalue weighted by Crippen LogP contribution is -2.36. The Kier molecular flexibility index (Phi) is 4.23. The zero-order valence-electron chi connectivity index (χ0n) is 12.4. The van der Waals surface area contributed by atoms with Gasteiger partial charge in [-0.1, -0.05) is 12.1 Å². The second kappa shape index (κ2) is 5.80. The molecule has 0 spiro atoms. The van der Waals surface area contributed by atoms with Gasteiger partial charge in [-0.2, -0.15) is 8.42 Å². The number of aryl methyl sites for hydroxylation is 1. The molecule has 0 amide bonds. The van der Waals surface area contributed by atoms with E-state index in [9.17, 15) is 18.3 Å². The van der Waals surface area contributed by atoms with E-state index in [4.69, 9.17) is 4.74 Å². The van der Waals surface area contributed by atoms with Crippen molar-refractivity contribution in [1.29, 1.82) is 0 Å². The van der Waals surface area contributed by atoms with Crippen LogP contribution in [0.15, 0.2) is 34.4 Å². The van der Waals surface area contributed by atoms with Gasteiger partial charge in [0.2, 0.25) is 0 Å². The molecule has 1 aliphatic heterocycles. The molecule has 0 aromatic heterocycles. The molecule has 0 saturated carbocycles. The van der Waals surface area contributed by atoms with Crippen molar-refractivity contribution >= 4 is 21.9 Å². The first-order valence-electron chi connectivity index (χ1n) is 6.52. The fourth-order valence-corrected chi connectivity index (χ4v) is 3.35. The van der Waals surface area contributed by atoms with E-state index in [2.05, 4.69) is 4.40 Å². The van der Waals surface area contributed by atoms with Gasteiger partial charge in [-0.3, -0.25) is 0 Å². The number of hydrogen-bond donors (Lipinski definition) is 1. The van der Waals surface area contributed by atoms with Gasteiger partial charge in [0.05, 0.1) is 12.8 Å². The van der Waals surface area contributed by atoms with Crippen LogP contribution in [0.5, 0.6) is 5.75 Å². The first kappa shape index (κ1) is 16.0. The molecule has 0 bridgehead atoms. The topological polar surface area (TPSA) is 96.3 Å². The Hall–Kier alpha value is -2.35. The smallest absolute Gasteiger partial charge is 0.353 e. The Morgan fingerprint density at radius 2 is 2.09 bits per heavy atom. The number of nitrogens with zero attached hydrogens (tertiary/aromatic N) is 2. The lowest BCUT2D eigenvalue weighted by molar-refractivity contribution is -0.133. The summed E-state index contributed by atoms with van der Waals surface area (Å²) in [6.07, 6.45) is 1.25. The second-order valence-corrected chi connectivity index (χ2v) is 6.16. The van der Waals surface area contributed by atoms with Crippen molar-refractivity contribution in [2.24, 2.45) is 4.40 Å². The van der Waals surface area contributed by atoms with Crippen molar-refractivity contribution in [2.75, 3.05) is 13.7 Å². The molecular formula is C14H16N2O5S. The molecule has 118 valence electrons. The molecule has 1 N–H and O–H groups in total. The zero-order chi connectivity index (χ0) is 16.5. The highest BCUT2D eigenvalue weighted by molar-refractivity contribution is 7.88. The fourth-order valence-electron chi connectivity index (χ4n) is 2.14. The number of likely N-dealkylation sites (N-methyl/N-ethyl adjacent to an activating group) is 1. The Labute approximate surface area is 128 Å². The van der Waals surface area contributed by atoms with Crippen LogP contribution >= 0.6 is 0 Å². The third kappa shape index (κ3) is 2.82. The van der Waals surface area contributed by atoms with Crippen LogP contribution in [-0.4, -0.2) is 43.2 Å². The van der Waals surface area contributed by atoms with Crippen molar-refractivity contribution in [3.8, 4) is 5.75 Å². The second-order valence-electron chi connectivity index (χ2n) is 4.64. The van der Waals surface area contributed by atoms with Crippen molar-refractivity contribution in [3.63, 3.8) is 0 Å². The predicted octanol–water partition coefficient (Wildman–Crippen LogP) is 1.34. The third-order valence-electron chi connectivity index (χ3n) is 3.24. The lowest BCUT2D eigenvalue weighted by Gasteiger charge is -2.24. The maximum atomic E-state index is 12.1.